The maximum Gasteiger partial charge on any atom is 0.157 e. The highest BCUT2D eigenvalue weighted by molar-refractivity contribution is 5.36. The number of hydrogen-bond donors (Lipinski definition) is 0. The molecule has 1 heterocycles. The molecule has 1 aromatic heterocycles. The van der Waals surface area contributed by atoms with Gasteiger partial charge in [-0.15, -0.1) is 0 Å². The predicted octanol–water partition coefficient (Wildman–Crippen LogP) is 2.32. The van der Waals surface area contributed by atoms with E-state index >= 15 is 0 Å². The van der Waals surface area contributed by atoms with Crippen molar-refractivity contribution in [2.75, 3.05) is 7.11 Å². The molecule has 17 heavy (non-hydrogen) atoms. The molecule has 0 fully saturated rings. The zero-order chi connectivity index (χ0) is 12.3. The third kappa shape index (κ3) is 2.78. The first kappa shape index (κ1) is 11.5. The molecule has 0 amide bonds. The summed E-state index contributed by atoms with van der Waals surface area (Å²) in [5.74, 6) is 1.61. The van der Waals surface area contributed by atoms with Crippen molar-refractivity contribution < 1.29 is 9.47 Å². The Morgan fingerprint density at radius 1 is 1.35 bits per heavy atom. The molecule has 2 rings (SSSR count). The summed E-state index contributed by atoms with van der Waals surface area (Å²) in [5.41, 5.74) is 2.23. The van der Waals surface area contributed by atoms with Crippen LogP contribution in [-0.4, -0.2) is 16.9 Å². The topological polar surface area (TPSA) is 36.3 Å². The van der Waals surface area contributed by atoms with Gasteiger partial charge in [0.05, 0.1) is 19.5 Å². The largest absolute Gasteiger partial charge is 0.496 e. The summed E-state index contributed by atoms with van der Waals surface area (Å²) in [6, 6.07) is 6.04. The van der Waals surface area contributed by atoms with E-state index in [0.717, 1.165) is 17.1 Å². The van der Waals surface area contributed by atoms with Crippen LogP contribution in [-0.2, 0) is 13.7 Å². The molecule has 0 spiro atoms. The van der Waals surface area contributed by atoms with Gasteiger partial charge in [-0.05, 0) is 19.1 Å². The molecule has 0 aliphatic heterocycles. The molecule has 1 aromatic carbocycles. The van der Waals surface area contributed by atoms with Crippen LogP contribution in [0.15, 0.2) is 30.6 Å². The van der Waals surface area contributed by atoms with Crippen molar-refractivity contribution in [2.24, 2.45) is 7.05 Å². The minimum Gasteiger partial charge on any atom is -0.496 e. The zero-order valence-corrected chi connectivity index (χ0v) is 10.3. The molecule has 0 bridgehead atoms. The maximum atomic E-state index is 5.65. The Morgan fingerprint density at radius 3 is 2.82 bits per heavy atom. The van der Waals surface area contributed by atoms with Gasteiger partial charge in [0.2, 0.25) is 0 Å². The van der Waals surface area contributed by atoms with Crippen LogP contribution in [0.4, 0.5) is 0 Å². The first-order valence-electron chi connectivity index (χ1n) is 5.44. The summed E-state index contributed by atoms with van der Waals surface area (Å²) < 4.78 is 12.7. The molecule has 2 aromatic rings. The Kier molecular flexibility index (Phi) is 3.32. The normalized spacial score (nSPS) is 10.3. The van der Waals surface area contributed by atoms with Crippen molar-refractivity contribution in [1.82, 2.24) is 9.78 Å². The van der Waals surface area contributed by atoms with Gasteiger partial charge >= 0.3 is 0 Å². The summed E-state index contributed by atoms with van der Waals surface area (Å²) in [4.78, 5) is 0. The van der Waals surface area contributed by atoms with E-state index < -0.39 is 0 Å². The lowest BCUT2D eigenvalue weighted by atomic mass is 10.1. The smallest absolute Gasteiger partial charge is 0.157 e. The number of ether oxygens (including phenoxy) is 2. The molecule has 0 saturated carbocycles. The molecule has 0 aliphatic rings. The highest BCUT2D eigenvalue weighted by atomic mass is 16.5. The summed E-state index contributed by atoms with van der Waals surface area (Å²) in [7, 11) is 3.53. The molecule has 4 nitrogen and oxygen atoms in total. The van der Waals surface area contributed by atoms with Gasteiger partial charge in [0.15, 0.2) is 5.75 Å². The van der Waals surface area contributed by atoms with Crippen molar-refractivity contribution in [1.29, 1.82) is 0 Å². The summed E-state index contributed by atoms with van der Waals surface area (Å²) in [6.07, 6.45) is 3.53. The van der Waals surface area contributed by atoms with Crippen LogP contribution in [0.5, 0.6) is 11.5 Å². The third-order valence-corrected chi connectivity index (χ3v) is 2.51. The van der Waals surface area contributed by atoms with E-state index in [9.17, 15) is 0 Å². The summed E-state index contributed by atoms with van der Waals surface area (Å²) in [5, 5.41) is 4.05. The van der Waals surface area contributed by atoms with Crippen LogP contribution in [0.25, 0.3) is 0 Å². The third-order valence-electron chi connectivity index (χ3n) is 2.51. The lowest BCUT2D eigenvalue weighted by molar-refractivity contribution is 0.296. The SMILES string of the molecule is COc1ccc(C)cc1COc1cnn(C)c1. The number of benzene rings is 1. The monoisotopic (exact) mass is 232 g/mol. The number of methoxy groups -OCH3 is 1. The highest BCUT2D eigenvalue weighted by Gasteiger charge is 2.05. The number of nitrogens with zero attached hydrogens (tertiary/aromatic N) is 2. The fraction of sp³-hybridized carbons (Fsp3) is 0.308. The van der Waals surface area contributed by atoms with E-state index in [0.29, 0.717) is 6.61 Å². The second kappa shape index (κ2) is 4.91. The van der Waals surface area contributed by atoms with Gasteiger partial charge in [0.1, 0.15) is 12.4 Å². The molecule has 0 saturated heterocycles. The minimum absolute atomic E-state index is 0.483. The van der Waals surface area contributed by atoms with Gasteiger partial charge < -0.3 is 9.47 Å². The van der Waals surface area contributed by atoms with Gasteiger partial charge in [0.25, 0.3) is 0 Å². The molecule has 0 aliphatic carbocycles. The van der Waals surface area contributed by atoms with Gasteiger partial charge in [-0.1, -0.05) is 11.6 Å². The Morgan fingerprint density at radius 2 is 2.18 bits per heavy atom. The standard InChI is InChI=1S/C13H16N2O2/c1-10-4-5-13(16-3)11(6-10)9-17-12-7-14-15(2)8-12/h4-8H,9H2,1-3H3. The first-order chi connectivity index (χ1) is 8.19. The van der Waals surface area contributed by atoms with E-state index in [2.05, 4.69) is 11.2 Å². The Labute approximate surface area is 101 Å². The summed E-state index contributed by atoms with van der Waals surface area (Å²) >= 11 is 0. The molecule has 90 valence electrons. The van der Waals surface area contributed by atoms with E-state index in [1.165, 1.54) is 5.56 Å². The number of aromatic nitrogens is 2. The van der Waals surface area contributed by atoms with Crippen LogP contribution < -0.4 is 9.47 Å². The van der Waals surface area contributed by atoms with Crippen molar-refractivity contribution >= 4 is 0 Å². The van der Waals surface area contributed by atoms with E-state index in [1.807, 2.05) is 32.3 Å². The van der Waals surface area contributed by atoms with Gasteiger partial charge in [-0.2, -0.15) is 5.10 Å². The van der Waals surface area contributed by atoms with E-state index in [4.69, 9.17) is 9.47 Å². The highest BCUT2D eigenvalue weighted by Crippen LogP contribution is 2.21. The van der Waals surface area contributed by atoms with Crippen molar-refractivity contribution in [2.45, 2.75) is 13.5 Å². The van der Waals surface area contributed by atoms with Crippen LogP contribution >= 0.6 is 0 Å². The molecule has 0 atom stereocenters. The van der Waals surface area contributed by atoms with Gasteiger partial charge in [-0.3, -0.25) is 4.68 Å². The van der Waals surface area contributed by atoms with Crippen molar-refractivity contribution in [3.63, 3.8) is 0 Å². The second-order valence-corrected chi connectivity index (χ2v) is 3.95. The fourth-order valence-electron chi connectivity index (χ4n) is 1.65. The minimum atomic E-state index is 0.483. The van der Waals surface area contributed by atoms with E-state index in [1.54, 1.807) is 18.0 Å². The Bertz CT molecular complexity index is 506. The van der Waals surface area contributed by atoms with E-state index in [-0.39, 0.29) is 0 Å². The molecular weight excluding hydrogens is 216 g/mol. The molecular formula is C13H16N2O2. The Balaban J connectivity index is 2.10. The average molecular weight is 232 g/mol. The molecule has 0 radical (unpaired) electrons. The molecule has 0 unspecified atom stereocenters. The van der Waals surface area contributed by atoms with Gasteiger partial charge in [0, 0.05) is 12.6 Å². The quantitative estimate of drug-likeness (QED) is 0.811. The second-order valence-electron chi connectivity index (χ2n) is 3.95. The predicted molar refractivity (Wildman–Crippen MR) is 65.3 cm³/mol. The molecule has 4 heteroatoms. The zero-order valence-electron chi connectivity index (χ0n) is 10.3. The van der Waals surface area contributed by atoms with Crippen LogP contribution in [0.3, 0.4) is 0 Å². The Hall–Kier alpha value is -1.97. The summed E-state index contributed by atoms with van der Waals surface area (Å²) in [6.45, 7) is 2.53. The van der Waals surface area contributed by atoms with Crippen molar-refractivity contribution in [3.05, 3.63) is 41.7 Å². The number of rotatable bonds is 4. The van der Waals surface area contributed by atoms with Crippen LogP contribution in [0, 0.1) is 6.92 Å². The molecule has 0 N–H and O–H groups in total. The lowest BCUT2D eigenvalue weighted by Crippen LogP contribution is -1.98. The van der Waals surface area contributed by atoms with Crippen LogP contribution in [0.1, 0.15) is 11.1 Å². The first-order valence-corrected chi connectivity index (χ1v) is 5.44. The average Bonchev–Trinajstić information content (AvgIpc) is 2.73. The van der Waals surface area contributed by atoms with Crippen molar-refractivity contribution in [3.8, 4) is 11.5 Å². The fourth-order valence-corrected chi connectivity index (χ4v) is 1.65. The lowest BCUT2D eigenvalue weighted by Gasteiger charge is -2.09. The number of aryl methyl sites for hydroxylation is 2. The number of hydrogen-bond acceptors (Lipinski definition) is 3. The van der Waals surface area contributed by atoms with Gasteiger partial charge in [-0.25, -0.2) is 0 Å². The maximum absolute atomic E-state index is 5.65. The van der Waals surface area contributed by atoms with Crippen LogP contribution in [0.2, 0.25) is 0 Å².